The van der Waals surface area contributed by atoms with Crippen LogP contribution in [0.4, 0.5) is 0 Å². The zero-order valence-corrected chi connectivity index (χ0v) is 36.4. The van der Waals surface area contributed by atoms with Gasteiger partial charge in [0.1, 0.15) is 0 Å². The molecule has 0 fully saturated rings. The van der Waals surface area contributed by atoms with Crippen LogP contribution in [-0.4, -0.2) is 16.1 Å². The Hall–Kier alpha value is -7.37. The third-order valence-corrected chi connectivity index (χ3v) is 22.8. The first-order chi connectivity index (χ1) is 30.8. The van der Waals surface area contributed by atoms with Crippen LogP contribution < -0.4 is 41.5 Å². The van der Waals surface area contributed by atoms with Crippen molar-refractivity contribution in [2.24, 2.45) is 0 Å². The molecule has 2 heteroatoms. The van der Waals surface area contributed by atoms with Gasteiger partial charge in [0.25, 0.3) is 0 Å². The summed E-state index contributed by atoms with van der Waals surface area (Å²) < 4.78 is 0. The van der Waals surface area contributed by atoms with Crippen molar-refractivity contribution in [1.29, 1.82) is 0 Å². The van der Waals surface area contributed by atoms with Crippen LogP contribution in [0.2, 0.25) is 0 Å². The third-order valence-electron chi connectivity index (χ3n) is 13.2. The molecule has 0 unspecified atom stereocenters. The number of hydrogen-bond donors (Lipinski definition) is 0. The summed E-state index contributed by atoms with van der Waals surface area (Å²) in [6, 6.07) is 100. The van der Waals surface area contributed by atoms with Crippen LogP contribution in [0, 0.1) is 0 Å². The number of benzene rings is 11. The molecule has 0 bridgehead atoms. The topological polar surface area (TPSA) is 0 Å². The Labute approximate surface area is 366 Å². The fourth-order valence-electron chi connectivity index (χ4n) is 10.5. The molecule has 0 aromatic heterocycles. The molecule has 0 aliphatic heterocycles. The summed E-state index contributed by atoms with van der Waals surface area (Å²) in [6.07, 6.45) is 0. The van der Waals surface area contributed by atoms with Crippen molar-refractivity contribution in [3.63, 3.8) is 0 Å². The van der Waals surface area contributed by atoms with E-state index in [-0.39, 0.29) is 0 Å². The van der Waals surface area contributed by atoms with Crippen molar-refractivity contribution >= 4 is 90.0 Å². The van der Waals surface area contributed by atoms with Crippen LogP contribution in [0.25, 0.3) is 43.4 Å². The molecule has 0 radical (unpaired) electrons. The SMILES string of the molecule is c1ccc([Si](c2ccccc2)(c2ccccc2)c2ccc(-c3cc4c5ccccc5c([Si](c5ccccc5)(c5ccccc5)c5ccccc5)cc4c4ccccc34)cc2)cc1. The molecule has 0 atom stereocenters. The highest BCUT2D eigenvalue weighted by Crippen LogP contribution is 2.38. The molecule has 0 aliphatic carbocycles. The molecule has 0 heterocycles. The lowest BCUT2D eigenvalue weighted by Gasteiger charge is -2.36. The molecule has 11 aromatic rings. The van der Waals surface area contributed by atoms with Crippen molar-refractivity contribution in [1.82, 2.24) is 0 Å². The Morgan fingerprint density at radius 1 is 0.194 bits per heavy atom. The summed E-state index contributed by atoms with van der Waals surface area (Å²) in [5, 5.41) is 18.8. The Morgan fingerprint density at radius 3 is 0.887 bits per heavy atom. The quantitative estimate of drug-likeness (QED) is 0.0774. The molecule has 0 N–H and O–H groups in total. The molecule has 11 rings (SSSR count). The van der Waals surface area contributed by atoms with E-state index in [9.17, 15) is 0 Å². The van der Waals surface area contributed by atoms with Gasteiger partial charge in [0.15, 0.2) is 16.1 Å². The molecule has 0 aliphatic rings. The normalized spacial score (nSPS) is 11.9. The van der Waals surface area contributed by atoms with E-state index in [0.717, 1.165) is 0 Å². The molecule has 0 amide bonds. The second-order valence-electron chi connectivity index (χ2n) is 16.3. The largest absolute Gasteiger partial charge is 0.180 e. The van der Waals surface area contributed by atoms with E-state index < -0.39 is 16.1 Å². The van der Waals surface area contributed by atoms with Crippen molar-refractivity contribution in [2.45, 2.75) is 0 Å². The van der Waals surface area contributed by atoms with Gasteiger partial charge in [-0.2, -0.15) is 0 Å². The maximum atomic E-state index is 2.58. The maximum absolute atomic E-state index is 2.85. The van der Waals surface area contributed by atoms with Gasteiger partial charge < -0.3 is 0 Å². The summed E-state index contributed by atoms with van der Waals surface area (Å²) in [6.45, 7) is 0. The molecular formula is C60H44Si2. The molecule has 11 aromatic carbocycles. The van der Waals surface area contributed by atoms with Gasteiger partial charge in [-0.05, 0) is 91.0 Å². The van der Waals surface area contributed by atoms with E-state index >= 15 is 0 Å². The Bertz CT molecular complexity index is 3100. The van der Waals surface area contributed by atoms with Crippen molar-refractivity contribution in [2.75, 3.05) is 0 Å². The van der Waals surface area contributed by atoms with E-state index in [2.05, 4.69) is 267 Å². The Kier molecular flexibility index (Phi) is 9.65. The van der Waals surface area contributed by atoms with E-state index in [4.69, 9.17) is 0 Å². The molecule has 292 valence electrons. The van der Waals surface area contributed by atoms with Gasteiger partial charge in [-0.1, -0.05) is 261 Å². The van der Waals surface area contributed by atoms with Crippen molar-refractivity contribution in [3.8, 4) is 11.1 Å². The molecule has 0 saturated heterocycles. The van der Waals surface area contributed by atoms with Gasteiger partial charge in [-0.15, -0.1) is 0 Å². The average Bonchev–Trinajstić information content (AvgIpc) is 3.36. The lowest BCUT2D eigenvalue weighted by molar-refractivity contribution is 1.65. The van der Waals surface area contributed by atoms with Crippen molar-refractivity contribution in [3.05, 3.63) is 267 Å². The van der Waals surface area contributed by atoms with Crippen LogP contribution in [0.3, 0.4) is 0 Å². The highest BCUT2D eigenvalue weighted by Gasteiger charge is 2.43. The second-order valence-corrected chi connectivity index (χ2v) is 23.9. The smallest absolute Gasteiger partial charge is 0.0623 e. The lowest BCUT2D eigenvalue weighted by atomic mass is 9.91. The fourth-order valence-corrected chi connectivity index (χ4v) is 20.2. The van der Waals surface area contributed by atoms with Crippen LogP contribution in [-0.2, 0) is 0 Å². The van der Waals surface area contributed by atoms with Crippen LogP contribution in [0.1, 0.15) is 0 Å². The number of fused-ring (bicyclic) bond motifs is 5. The van der Waals surface area contributed by atoms with Gasteiger partial charge in [0.05, 0.1) is 0 Å². The van der Waals surface area contributed by atoms with E-state index in [1.165, 1.54) is 84.9 Å². The van der Waals surface area contributed by atoms with E-state index in [1.54, 1.807) is 0 Å². The monoisotopic (exact) mass is 820 g/mol. The highest BCUT2D eigenvalue weighted by molar-refractivity contribution is 7.21. The minimum atomic E-state index is -2.85. The molecule has 62 heavy (non-hydrogen) atoms. The van der Waals surface area contributed by atoms with E-state index in [1.807, 2.05) is 0 Å². The summed E-state index contributed by atoms with van der Waals surface area (Å²) in [5.41, 5.74) is 2.47. The fraction of sp³-hybridized carbons (Fsp3) is 0. The highest BCUT2D eigenvalue weighted by atomic mass is 28.3. The summed E-state index contributed by atoms with van der Waals surface area (Å²) in [7, 11) is -5.51. The minimum absolute atomic E-state index is 1.22. The van der Waals surface area contributed by atoms with Gasteiger partial charge in [-0.3, -0.25) is 0 Å². The third kappa shape index (κ3) is 6.02. The first-order valence-corrected chi connectivity index (χ1v) is 25.6. The average molecular weight is 821 g/mol. The Balaban J connectivity index is 1.17. The number of hydrogen-bond acceptors (Lipinski definition) is 0. The second kappa shape index (κ2) is 15.9. The van der Waals surface area contributed by atoms with Gasteiger partial charge >= 0.3 is 0 Å². The predicted octanol–water partition coefficient (Wildman–Crippen LogP) is 9.57. The summed E-state index contributed by atoms with van der Waals surface area (Å²) in [4.78, 5) is 0. The predicted molar refractivity (Wildman–Crippen MR) is 272 cm³/mol. The molecule has 0 saturated carbocycles. The summed E-state index contributed by atoms with van der Waals surface area (Å²) >= 11 is 0. The molecule has 0 spiro atoms. The van der Waals surface area contributed by atoms with Gasteiger partial charge in [-0.25, -0.2) is 0 Å². The summed E-state index contributed by atoms with van der Waals surface area (Å²) in [5.74, 6) is 0. The van der Waals surface area contributed by atoms with Crippen LogP contribution in [0.5, 0.6) is 0 Å². The first-order valence-electron chi connectivity index (χ1n) is 21.6. The maximum Gasteiger partial charge on any atom is 0.180 e. The van der Waals surface area contributed by atoms with Crippen LogP contribution >= 0.6 is 0 Å². The number of rotatable bonds is 9. The molecular weight excluding hydrogens is 777 g/mol. The molecule has 0 nitrogen and oxygen atoms in total. The first kappa shape index (κ1) is 37.6. The van der Waals surface area contributed by atoms with Gasteiger partial charge in [0, 0.05) is 0 Å². The van der Waals surface area contributed by atoms with E-state index in [0.29, 0.717) is 0 Å². The van der Waals surface area contributed by atoms with Crippen LogP contribution in [0.15, 0.2) is 267 Å². The zero-order valence-electron chi connectivity index (χ0n) is 34.4. The Morgan fingerprint density at radius 2 is 0.484 bits per heavy atom. The zero-order chi connectivity index (χ0) is 41.4. The minimum Gasteiger partial charge on any atom is -0.0623 e. The van der Waals surface area contributed by atoms with Gasteiger partial charge in [0.2, 0.25) is 0 Å². The van der Waals surface area contributed by atoms with Crippen molar-refractivity contribution < 1.29 is 0 Å². The standard InChI is InChI=1S/C60H44Si2/c1-7-23-46(24-8-1)61(47-25-9-2-10-26-47,48-27-11-3-12-28-48)52-41-39-45(40-42-52)57-43-58-55-37-21-22-38-56(55)60(44-59(58)54-36-20-19-35-53(54)57)62(49-29-13-4-14-30-49,50-31-15-5-16-32-50)51-33-17-6-18-34-51/h1-44H. The lowest BCUT2D eigenvalue weighted by Crippen LogP contribution is -2.74.